The summed E-state index contributed by atoms with van der Waals surface area (Å²) in [6.07, 6.45) is 0.868. The zero-order valence-electron chi connectivity index (χ0n) is 14.7. The molecule has 5 nitrogen and oxygen atoms in total. The fraction of sp³-hybridized carbons (Fsp3) is 0.300. The summed E-state index contributed by atoms with van der Waals surface area (Å²) in [5.74, 6) is 0.381. The quantitative estimate of drug-likeness (QED) is 0.774. The van der Waals surface area contributed by atoms with Crippen LogP contribution in [0, 0.1) is 11.3 Å². The van der Waals surface area contributed by atoms with E-state index in [1.165, 1.54) is 0 Å². The molecule has 0 aromatic heterocycles. The zero-order valence-corrected chi connectivity index (χ0v) is 16.2. The molecule has 1 saturated heterocycles. The molecule has 0 atom stereocenters. The minimum absolute atomic E-state index is 0.0573. The lowest BCUT2D eigenvalue weighted by Crippen LogP contribution is -2.38. The molecule has 2 aromatic carbocycles. The fourth-order valence-corrected chi connectivity index (χ4v) is 3.46. The SMILES string of the molecule is N#Cc1ccc(N2CCCN(C(=O)COc3ccc(Cl)cc3Cl)CC2)cc1. The number of halogens is 2. The molecule has 0 spiro atoms. The van der Waals surface area contributed by atoms with Crippen molar-refractivity contribution >= 4 is 34.8 Å². The van der Waals surface area contributed by atoms with Crippen LogP contribution in [0.25, 0.3) is 0 Å². The number of carbonyl (C=O) groups is 1. The first kappa shape index (κ1) is 19.3. The Kier molecular flexibility index (Phi) is 6.44. The van der Waals surface area contributed by atoms with Crippen LogP contribution in [-0.2, 0) is 4.79 Å². The van der Waals surface area contributed by atoms with E-state index in [9.17, 15) is 4.79 Å². The highest BCUT2D eigenvalue weighted by atomic mass is 35.5. The summed E-state index contributed by atoms with van der Waals surface area (Å²) in [5.41, 5.74) is 1.70. The molecule has 0 radical (unpaired) electrons. The third kappa shape index (κ3) is 5.06. The summed E-state index contributed by atoms with van der Waals surface area (Å²) in [5, 5.41) is 9.82. The smallest absolute Gasteiger partial charge is 0.260 e. The molecule has 0 saturated carbocycles. The summed E-state index contributed by atoms with van der Waals surface area (Å²) in [6, 6.07) is 14.6. The van der Waals surface area contributed by atoms with Gasteiger partial charge in [0.05, 0.1) is 16.7 Å². The van der Waals surface area contributed by atoms with E-state index in [1.54, 1.807) is 18.2 Å². The molecule has 1 aliphatic heterocycles. The number of carbonyl (C=O) groups excluding carboxylic acids is 1. The van der Waals surface area contributed by atoms with Crippen molar-refractivity contribution in [1.29, 1.82) is 5.26 Å². The van der Waals surface area contributed by atoms with Crippen LogP contribution in [0.4, 0.5) is 5.69 Å². The van der Waals surface area contributed by atoms with E-state index in [-0.39, 0.29) is 12.5 Å². The van der Waals surface area contributed by atoms with Gasteiger partial charge in [0.15, 0.2) is 6.61 Å². The number of anilines is 1. The highest BCUT2D eigenvalue weighted by Crippen LogP contribution is 2.27. The average Bonchev–Trinajstić information content (AvgIpc) is 2.93. The van der Waals surface area contributed by atoms with Crippen LogP contribution in [0.15, 0.2) is 42.5 Å². The van der Waals surface area contributed by atoms with E-state index in [4.69, 9.17) is 33.2 Å². The van der Waals surface area contributed by atoms with Crippen molar-refractivity contribution in [3.05, 3.63) is 58.1 Å². The van der Waals surface area contributed by atoms with Crippen molar-refractivity contribution in [2.24, 2.45) is 0 Å². The Labute approximate surface area is 168 Å². The zero-order chi connectivity index (χ0) is 19.2. The fourth-order valence-electron chi connectivity index (χ4n) is 2.99. The summed E-state index contributed by atoms with van der Waals surface area (Å²) in [7, 11) is 0. The molecule has 0 bridgehead atoms. The van der Waals surface area contributed by atoms with Crippen molar-refractivity contribution in [2.45, 2.75) is 6.42 Å². The summed E-state index contributed by atoms with van der Waals surface area (Å²) < 4.78 is 5.56. The van der Waals surface area contributed by atoms with Crippen molar-refractivity contribution in [1.82, 2.24) is 4.90 Å². The lowest BCUT2D eigenvalue weighted by Gasteiger charge is -2.24. The van der Waals surface area contributed by atoms with Crippen LogP contribution in [0.5, 0.6) is 5.75 Å². The van der Waals surface area contributed by atoms with Crippen molar-refractivity contribution in [2.75, 3.05) is 37.7 Å². The molecule has 1 aliphatic rings. The Morgan fingerprint density at radius 1 is 1.07 bits per heavy atom. The molecule has 140 valence electrons. The van der Waals surface area contributed by atoms with Gasteiger partial charge in [0, 0.05) is 36.9 Å². The van der Waals surface area contributed by atoms with Gasteiger partial charge < -0.3 is 14.5 Å². The molecular formula is C20H19Cl2N3O2. The van der Waals surface area contributed by atoms with Crippen LogP contribution >= 0.6 is 23.2 Å². The Hall–Kier alpha value is -2.42. The summed E-state index contributed by atoms with van der Waals surface area (Å²) >= 11 is 11.9. The molecule has 1 fully saturated rings. The van der Waals surface area contributed by atoms with E-state index >= 15 is 0 Å². The second-order valence-corrected chi connectivity index (χ2v) is 7.09. The number of rotatable bonds is 4. The van der Waals surface area contributed by atoms with Crippen LogP contribution in [0.2, 0.25) is 10.0 Å². The van der Waals surface area contributed by atoms with E-state index in [0.29, 0.717) is 34.4 Å². The largest absolute Gasteiger partial charge is 0.482 e. The minimum atomic E-state index is -0.0669. The second kappa shape index (κ2) is 8.98. The molecule has 2 aromatic rings. The molecule has 7 heteroatoms. The van der Waals surface area contributed by atoms with Gasteiger partial charge in [-0.2, -0.15) is 5.26 Å². The average molecular weight is 404 g/mol. The number of hydrogen-bond acceptors (Lipinski definition) is 4. The Morgan fingerprint density at radius 2 is 1.85 bits per heavy atom. The maximum Gasteiger partial charge on any atom is 0.260 e. The summed E-state index contributed by atoms with van der Waals surface area (Å²) in [6.45, 7) is 2.84. The van der Waals surface area contributed by atoms with E-state index < -0.39 is 0 Å². The predicted octanol–water partition coefficient (Wildman–Crippen LogP) is 3.98. The Bertz CT molecular complexity index is 849. The second-order valence-electron chi connectivity index (χ2n) is 6.24. The van der Waals surface area contributed by atoms with Gasteiger partial charge in [-0.05, 0) is 48.9 Å². The third-order valence-electron chi connectivity index (χ3n) is 4.46. The molecular weight excluding hydrogens is 385 g/mol. The maximum atomic E-state index is 12.5. The van der Waals surface area contributed by atoms with Crippen LogP contribution < -0.4 is 9.64 Å². The van der Waals surface area contributed by atoms with Crippen LogP contribution in [0.1, 0.15) is 12.0 Å². The number of benzene rings is 2. The van der Waals surface area contributed by atoms with Crippen LogP contribution in [0.3, 0.4) is 0 Å². The number of amides is 1. The highest BCUT2D eigenvalue weighted by Gasteiger charge is 2.20. The third-order valence-corrected chi connectivity index (χ3v) is 4.99. The summed E-state index contributed by atoms with van der Waals surface area (Å²) in [4.78, 5) is 16.5. The van der Waals surface area contributed by atoms with E-state index in [2.05, 4.69) is 11.0 Å². The first-order valence-electron chi connectivity index (χ1n) is 8.67. The number of ether oxygens (including phenoxy) is 1. The van der Waals surface area contributed by atoms with Gasteiger partial charge in [-0.15, -0.1) is 0 Å². The van der Waals surface area contributed by atoms with Crippen molar-refractivity contribution in [3.8, 4) is 11.8 Å². The monoisotopic (exact) mass is 403 g/mol. The van der Waals surface area contributed by atoms with E-state index in [0.717, 1.165) is 25.2 Å². The van der Waals surface area contributed by atoms with Crippen LogP contribution in [-0.4, -0.2) is 43.6 Å². The van der Waals surface area contributed by atoms with Gasteiger partial charge in [-0.25, -0.2) is 0 Å². The van der Waals surface area contributed by atoms with Crippen molar-refractivity contribution in [3.63, 3.8) is 0 Å². The first-order chi connectivity index (χ1) is 13.1. The van der Waals surface area contributed by atoms with Gasteiger partial charge in [0.25, 0.3) is 5.91 Å². The topological polar surface area (TPSA) is 56.6 Å². The van der Waals surface area contributed by atoms with Crippen molar-refractivity contribution < 1.29 is 9.53 Å². The Balaban J connectivity index is 1.55. The van der Waals surface area contributed by atoms with Gasteiger partial charge in [-0.1, -0.05) is 23.2 Å². The minimum Gasteiger partial charge on any atom is -0.482 e. The normalized spacial score (nSPS) is 14.4. The van der Waals surface area contributed by atoms with Gasteiger partial charge in [-0.3, -0.25) is 4.79 Å². The molecule has 1 amide bonds. The van der Waals surface area contributed by atoms with E-state index in [1.807, 2.05) is 29.2 Å². The first-order valence-corrected chi connectivity index (χ1v) is 9.43. The lowest BCUT2D eigenvalue weighted by atomic mass is 10.2. The van der Waals surface area contributed by atoms with Gasteiger partial charge >= 0.3 is 0 Å². The molecule has 0 unspecified atom stereocenters. The van der Waals surface area contributed by atoms with Gasteiger partial charge in [0.1, 0.15) is 5.75 Å². The molecule has 0 N–H and O–H groups in total. The lowest BCUT2D eigenvalue weighted by molar-refractivity contribution is -0.133. The number of nitriles is 1. The van der Waals surface area contributed by atoms with Gasteiger partial charge in [0.2, 0.25) is 0 Å². The number of nitrogens with zero attached hydrogens (tertiary/aromatic N) is 3. The Morgan fingerprint density at radius 3 is 2.56 bits per heavy atom. The standard InChI is InChI=1S/C20H19Cl2N3O2/c21-16-4-7-19(18(22)12-16)27-14-20(26)25-9-1-8-24(10-11-25)17-5-2-15(13-23)3-6-17/h2-7,12H,1,8-11,14H2. The highest BCUT2D eigenvalue weighted by molar-refractivity contribution is 6.35. The predicted molar refractivity (Wildman–Crippen MR) is 107 cm³/mol. The molecule has 0 aliphatic carbocycles. The number of hydrogen-bond donors (Lipinski definition) is 0. The molecule has 27 heavy (non-hydrogen) atoms. The maximum absolute atomic E-state index is 12.5. The molecule has 1 heterocycles. The molecule has 3 rings (SSSR count).